The summed E-state index contributed by atoms with van der Waals surface area (Å²) in [7, 11) is 0. The topological polar surface area (TPSA) is 12.9 Å². The zero-order valence-corrected chi connectivity index (χ0v) is 7.14. The summed E-state index contributed by atoms with van der Waals surface area (Å²) >= 11 is 3.25. The van der Waals surface area contributed by atoms with Crippen LogP contribution in [0.2, 0.25) is 0 Å². The van der Waals surface area contributed by atoms with Crippen LogP contribution in [-0.2, 0) is 0 Å². The van der Waals surface area contributed by atoms with E-state index in [4.69, 9.17) is 0 Å². The minimum atomic E-state index is 0.803. The zero-order valence-electron chi connectivity index (χ0n) is 5.56. The molecule has 1 aromatic rings. The van der Waals surface area contributed by atoms with Crippen molar-refractivity contribution < 1.29 is 0 Å². The SMILES string of the molecule is CC#Cc1cccc(Br)n1. The van der Waals surface area contributed by atoms with Gasteiger partial charge in [0.1, 0.15) is 10.3 Å². The second kappa shape index (κ2) is 3.38. The van der Waals surface area contributed by atoms with Crippen LogP contribution in [0.1, 0.15) is 12.6 Å². The van der Waals surface area contributed by atoms with Crippen molar-refractivity contribution in [2.75, 3.05) is 0 Å². The molecular formula is C8H6BrN. The van der Waals surface area contributed by atoms with Crippen molar-refractivity contribution in [1.29, 1.82) is 0 Å². The summed E-state index contributed by atoms with van der Waals surface area (Å²) in [5.41, 5.74) is 0.803. The van der Waals surface area contributed by atoms with Crippen molar-refractivity contribution in [1.82, 2.24) is 4.98 Å². The summed E-state index contributed by atoms with van der Waals surface area (Å²) < 4.78 is 0.827. The van der Waals surface area contributed by atoms with Crippen LogP contribution in [0.4, 0.5) is 0 Å². The first-order valence-corrected chi connectivity index (χ1v) is 3.67. The molecule has 0 aliphatic carbocycles. The molecule has 0 fully saturated rings. The Balaban J connectivity index is 3.03. The van der Waals surface area contributed by atoms with Crippen LogP contribution >= 0.6 is 15.9 Å². The van der Waals surface area contributed by atoms with E-state index in [1.165, 1.54) is 0 Å². The number of hydrogen-bond acceptors (Lipinski definition) is 1. The van der Waals surface area contributed by atoms with Gasteiger partial charge in [-0.3, -0.25) is 0 Å². The molecule has 0 N–H and O–H groups in total. The molecule has 2 heteroatoms. The predicted molar refractivity (Wildman–Crippen MR) is 44.5 cm³/mol. The first-order valence-electron chi connectivity index (χ1n) is 2.88. The third-order valence-electron chi connectivity index (χ3n) is 0.968. The van der Waals surface area contributed by atoms with Crippen molar-refractivity contribution in [3.8, 4) is 11.8 Å². The molecule has 50 valence electrons. The fraction of sp³-hybridized carbons (Fsp3) is 0.125. The molecule has 1 rings (SSSR count). The molecule has 1 nitrogen and oxygen atoms in total. The maximum atomic E-state index is 4.11. The lowest BCUT2D eigenvalue weighted by molar-refractivity contribution is 1.24. The van der Waals surface area contributed by atoms with Crippen molar-refractivity contribution in [3.05, 3.63) is 28.5 Å². The van der Waals surface area contributed by atoms with Crippen molar-refractivity contribution in [2.24, 2.45) is 0 Å². The molecule has 0 saturated heterocycles. The van der Waals surface area contributed by atoms with E-state index in [1.54, 1.807) is 6.92 Å². The van der Waals surface area contributed by atoms with E-state index in [0.29, 0.717) is 0 Å². The van der Waals surface area contributed by atoms with Crippen LogP contribution in [0.25, 0.3) is 0 Å². The molecule has 0 aliphatic rings. The fourth-order valence-electron chi connectivity index (χ4n) is 0.606. The molecule has 0 atom stereocenters. The van der Waals surface area contributed by atoms with Gasteiger partial charge in [0, 0.05) is 0 Å². The molecule has 10 heavy (non-hydrogen) atoms. The van der Waals surface area contributed by atoms with Gasteiger partial charge in [-0.25, -0.2) is 4.98 Å². The molecule has 0 spiro atoms. The van der Waals surface area contributed by atoms with Gasteiger partial charge in [0.05, 0.1) is 0 Å². The Morgan fingerprint density at radius 3 is 2.90 bits per heavy atom. The van der Waals surface area contributed by atoms with Gasteiger partial charge >= 0.3 is 0 Å². The first kappa shape index (κ1) is 7.30. The molecule has 0 saturated carbocycles. The Kier molecular flexibility index (Phi) is 2.47. The Bertz CT molecular complexity index is 283. The van der Waals surface area contributed by atoms with Crippen LogP contribution in [0, 0.1) is 11.8 Å². The Morgan fingerprint density at radius 1 is 1.50 bits per heavy atom. The van der Waals surface area contributed by atoms with E-state index in [-0.39, 0.29) is 0 Å². The fourth-order valence-corrected chi connectivity index (χ4v) is 0.950. The second-order valence-electron chi connectivity index (χ2n) is 1.72. The lowest BCUT2D eigenvalue weighted by Crippen LogP contribution is -1.80. The maximum absolute atomic E-state index is 4.11. The first-order chi connectivity index (χ1) is 4.83. The summed E-state index contributed by atoms with van der Waals surface area (Å²) in [5.74, 6) is 5.64. The van der Waals surface area contributed by atoms with E-state index in [1.807, 2.05) is 18.2 Å². The van der Waals surface area contributed by atoms with Gasteiger partial charge in [0.2, 0.25) is 0 Å². The van der Waals surface area contributed by atoms with Gasteiger partial charge in [-0.1, -0.05) is 12.0 Å². The van der Waals surface area contributed by atoms with Crippen molar-refractivity contribution in [3.63, 3.8) is 0 Å². The quantitative estimate of drug-likeness (QED) is 0.458. The van der Waals surface area contributed by atoms with Crippen LogP contribution in [0.3, 0.4) is 0 Å². The molecule has 1 aromatic heterocycles. The van der Waals surface area contributed by atoms with Gasteiger partial charge in [-0.15, -0.1) is 0 Å². The Labute approximate surface area is 68.6 Å². The molecule has 0 bridgehead atoms. The second-order valence-corrected chi connectivity index (χ2v) is 2.53. The summed E-state index contributed by atoms with van der Waals surface area (Å²) in [6.45, 7) is 1.79. The number of halogens is 1. The highest BCUT2D eigenvalue weighted by Gasteiger charge is 1.87. The zero-order chi connectivity index (χ0) is 7.40. The maximum Gasteiger partial charge on any atom is 0.114 e. The predicted octanol–water partition coefficient (Wildman–Crippen LogP) is 2.22. The van der Waals surface area contributed by atoms with E-state index >= 15 is 0 Å². The minimum absolute atomic E-state index is 0.803. The minimum Gasteiger partial charge on any atom is -0.232 e. The van der Waals surface area contributed by atoms with Crippen LogP contribution in [-0.4, -0.2) is 4.98 Å². The van der Waals surface area contributed by atoms with E-state index in [0.717, 1.165) is 10.3 Å². The number of hydrogen-bond donors (Lipinski definition) is 0. The number of nitrogens with zero attached hydrogens (tertiary/aromatic N) is 1. The molecular weight excluding hydrogens is 190 g/mol. The largest absolute Gasteiger partial charge is 0.232 e. The molecule has 0 amide bonds. The van der Waals surface area contributed by atoms with Crippen LogP contribution in [0.15, 0.2) is 22.8 Å². The van der Waals surface area contributed by atoms with E-state index < -0.39 is 0 Å². The summed E-state index contributed by atoms with van der Waals surface area (Å²) in [6, 6.07) is 5.67. The summed E-state index contributed by atoms with van der Waals surface area (Å²) in [4.78, 5) is 4.11. The number of pyridine rings is 1. The Morgan fingerprint density at radius 2 is 2.30 bits per heavy atom. The summed E-state index contributed by atoms with van der Waals surface area (Å²) in [6.07, 6.45) is 0. The monoisotopic (exact) mass is 195 g/mol. The molecule has 0 radical (unpaired) electrons. The molecule has 1 heterocycles. The smallest absolute Gasteiger partial charge is 0.114 e. The van der Waals surface area contributed by atoms with Crippen LogP contribution in [0.5, 0.6) is 0 Å². The summed E-state index contributed by atoms with van der Waals surface area (Å²) in [5, 5.41) is 0. The molecule has 0 aliphatic heterocycles. The Hall–Kier alpha value is -0.810. The third-order valence-corrected chi connectivity index (χ3v) is 1.41. The molecule has 0 aromatic carbocycles. The highest BCUT2D eigenvalue weighted by atomic mass is 79.9. The highest BCUT2D eigenvalue weighted by Crippen LogP contribution is 2.04. The highest BCUT2D eigenvalue weighted by molar-refractivity contribution is 9.10. The van der Waals surface area contributed by atoms with Gasteiger partial charge < -0.3 is 0 Å². The van der Waals surface area contributed by atoms with E-state index in [2.05, 4.69) is 32.8 Å². The van der Waals surface area contributed by atoms with E-state index in [9.17, 15) is 0 Å². The van der Waals surface area contributed by atoms with Crippen molar-refractivity contribution >= 4 is 15.9 Å². The molecule has 0 unspecified atom stereocenters. The average molecular weight is 196 g/mol. The van der Waals surface area contributed by atoms with Gasteiger partial charge in [-0.2, -0.15) is 0 Å². The van der Waals surface area contributed by atoms with Gasteiger partial charge in [0.15, 0.2) is 0 Å². The number of aromatic nitrogens is 1. The van der Waals surface area contributed by atoms with Gasteiger partial charge in [0.25, 0.3) is 0 Å². The van der Waals surface area contributed by atoms with Gasteiger partial charge in [-0.05, 0) is 40.9 Å². The third kappa shape index (κ3) is 1.85. The number of rotatable bonds is 0. The standard InChI is InChI=1S/C8H6BrN/c1-2-4-7-5-3-6-8(9)10-7/h3,5-6H,1H3. The normalized spacial score (nSPS) is 8.20. The van der Waals surface area contributed by atoms with Crippen molar-refractivity contribution in [2.45, 2.75) is 6.92 Å². The lowest BCUT2D eigenvalue weighted by Gasteiger charge is -1.88. The average Bonchev–Trinajstić information content (AvgIpc) is 1.88. The van der Waals surface area contributed by atoms with Crippen LogP contribution < -0.4 is 0 Å². The lowest BCUT2D eigenvalue weighted by atomic mass is 10.3.